The molecule has 0 bridgehead atoms. The first kappa shape index (κ1) is 8.68. The first-order valence-electron chi connectivity index (χ1n) is 3.31. The molecule has 1 rings (SSSR count). The van der Waals surface area contributed by atoms with Crippen molar-refractivity contribution in [2.75, 3.05) is 6.67 Å². The minimum atomic E-state index is -0.525. The largest absolute Gasteiger partial charge is 0.322 e. The van der Waals surface area contributed by atoms with E-state index in [1.54, 1.807) is 0 Å². The summed E-state index contributed by atoms with van der Waals surface area (Å²) >= 11 is 3.29. The van der Waals surface area contributed by atoms with Gasteiger partial charge in [-0.2, -0.15) is 0 Å². The van der Waals surface area contributed by atoms with E-state index in [0.717, 1.165) is 10.0 Å². The maximum absolute atomic E-state index is 12.1. The van der Waals surface area contributed by atoms with Crippen LogP contribution >= 0.6 is 15.9 Å². The van der Waals surface area contributed by atoms with Gasteiger partial charge in [-0.3, -0.25) is 0 Å². The lowest BCUT2D eigenvalue weighted by molar-refractivity contribution is 0.436. The van der Waals surface area contributed by atoms with Crippen LogP contribution in [0.25, 0.3) is 0 Å². The molecule has 0 aromatic heterocycles. The van der Waals surface area contributed by atoms with E-state index in [-0.39, 0.29) is 0 Å². The lowest BCUT2D eigenvalue weighted by Gasteiger charge is -2.08. The van der Waals surface area contributed by atoms with Crippen LogP contribution in [-0.4, -0.2) is 6.67 Å². The van der Waals surface area contributed by atoms with Crippen LogP contribution in [0.4, 0.5) is 4.39 Å². The molecule has 1 atom stereocenters. The van der Waals surface area contributed by atoms with E-state index in [2.05, 4.69) is 15.9 Å². The highest BCUT2D eigenvalue weighted by atomic mass is 79.9. The zero-order valence-corrected chi connectivity index (χ0v) is 7.51. The molecule has 0 saturated heterocycles. The van der Waals surface area contributed by atoms with Crippen LogP contribution in [-0.2, 0) is 0 Å². The number of alkyl halides is 1. The second kappa shape index (κ2) is 3.83. The second-order valence-electron chi connectivity index (χ2n) is 2.28. The summed E-state index contributed by atoms with van der Waals surface area (Å²) in [5.74, 6) is 0. The number of nitrogens with two attached hydrogens (primary N) is 1. The Kier molecular flexibility index (Phi) is 3.02. The molecule has 2 N–H and O–H groups in total. The number of halogens is 2. The highest BCUT2D eigenvalue weighted by molar-refractivity contribution is 9.10. The summed E-state index contributed by atoms with van der Waals surface area (Å²) in [4.78, 5) is 0. The van der Waals surface area contributed by atoms with Gasteiger partial charge in [-0.15, -0.1) is 0 Å². The van der Waals surface area contributed by atoms with E-state index in [0.29, 0.717) is 0 Å². The molecule has 0 heterocycles. The third-order valence-electron chi connectivity index (χ3n) is 1.47. The van der Waals surface area contributed by atoms with Gasteiger partial charge in [0, 0.05) is 4.47 Å². The molecule has 60 valence electrons. The van der Waals surface area contributed by atoms with Gasteiger partial charge in [0.1, 0.15) is 6.67 Å². The van der Waals surface area contributed by atoms with E-state index in [1.807, 2.05) is 24.3 Å². The number of hydrogen-bond donors (Lipinski definition) is 1. The lowest BCUT2D eigenvalue weighted by atomic mass is 10.1. The molecule has 0 radical (unpaired) electrons. The van der Waals surface area contributed by atoms with Crippen LogP contribution < -0.4 is 5.73 Å². The maximum Gasteiger partial charge on any atom is 0.109 e. The normalized spacial score (nSPS) is 13.0. The Balaban J connectivity index is 2.93. The standard InChI is InChI=1S/C8H9BrFN/c9-7-4-2-1-3-6(7)8(11)5-10/h1-4,8H,5,11H2. The highest BCUT2D eigenvalue weighted by Gasteiger charge is 2.07. The maximum atomic E-state index is 12.1. The van der Waals surface area contributed by atoms with E-state index in [4.69, 9.17) is 5.73 Å². The van der Waals surface area contributed by atoms with Gasteiger partial charge in [0.25, 0.3) is 0 Å². The quantitative estimate of drug-likeness (QED) is 0.810. The van der Waals surface area contributed by atoms with Crippen molar-refractivity contribution in [1.29, 1.82) is 0 Å². The Morgan fingerprint density at radius 1 is 1.45 bits per heavy atom. The SMILES string of the molecule is NC(CF)c1ccccc1Br. The zero-order valence-electron chi connectivity index (χ0n) is 5.93. The number of hydrogen-bond acceptors (Lipinski definition) is 1. The topological polar surface area (TPSA) is 26.0 Å². The molecule has 0 spiro atoms. The van der Waals surface area contributed by atoms with Gasteiger partial charge < -0.3 is 5.73 Å². The Morgan fingerprint density at radius 3 is 2.64 bits per heavy atom. The van der Waals surface area contributed by atoms with Crippen molar-refractivity contribution >= 4 is 15.9 Å². The molecule has 11 heavy (non-hydrogen) atoms. The van der Waals surface area contributed by atoms with Crippen molar-refractivity contribution in [3.05, 3.63) is 34.3 Å². The minimum absolute atomic E-state index is 0.509. The summed E-state index contributed by atoms with van der Waals surface area (Å²) in [6.45, 7) is -0.525. The summed E-state index contributed by atoms with van der Waals surface area (Å²) in [6, 6.07) is 6.87. The predicted molar refractivity (Wildman–Crippen MR) is 47.0 cm³/mol. The lowest BCUT2D eigenvalue weighted by Crippen LogP contribution is -2.12. The Bertz CT molecular complexity index is 239. The van der Waals surface area contributed by atoms with Crippen LogP contribution in [0.15, 0.2) is 28.7 Å². The van der Waals surface area contributed by atoms with Crippen molar-refractivity contribution in [1.82, 2.24) is 0 Å². The Labute approximate surface area is 73.5 Å². The van der Waals surface area contributed by atoms with Crippen molar-refractivity contribution in [2.24, 2.45) is 5.73 Å². The smallest absolute Gasteiger partial charge is 0.109 e. The molecule has 0 saturated carbocycles. The molecule has 1 nitrogen and oxygen atoms in total. The van der Waals surface area contributed by atoms with Gasteiger partial charge in [-0.1, -0.05) is 34.1 Å². The van der Waals surface area contributed by atoms with Crippen molar-refractivity contribution in [2.45, 2.75) is 6.04 Å². The fourth-order valence-electron chi connectivity index (χ4n) is 0.859. The third-order valence-corrected chi connectivity index (χ3v) is 2.19. The number of benzene rings is 1. The van der Waals surface area contributed by atoms with Crippen molar-refractivity contribution in [3.63, 3.8) is 0 Å². The van der Waals surface area contributed by atoms with Crippen LogP contribution in [0, 0.1) is 0 Å². The average molecular weight is 218 g/mol. The monoisotopic (exact) mass is 217 g/mol. The van der Waals surface area contributed by atoms with Crippen molar-refractivity contribution in [3.8, 4) is 0 Å². The molecule has 1 unspecified atom stereocenters. The van der Waals surface area contributed by atoms with E-state index in [1.165, 1.54) is 0 Å². The first-order chi connectivity index (χ1) is 5.25. The van der Waals surface area contributed by atoms with Crippen LogP contribution in [0.5, 0.6) is 0 Å². The summed E-state index contributed by atoms with van der Waals surface area (Å²) in [5, 5.41) is 0. The van der Waals surface area contributed by atoms with Gasteiger partial charge in [0.05, 0.1) is 6.04 Å². The zero-order chi connectivity index (χ0) is 8.27. The highest BCUT2D eigenvalue weighted by Crippen LogP contribution is 2.21. The predicted octanol–water partition coefficient (Wildman–Crippen LogP) is 2.42. The fourth-order valence-corrected chi connectivity index (χ4v) is 1.44. The molecular formula is C8H9BrFN. The summed E-state index contributed by atoms with van der Waals surface area (Å²) < 4.78 is 13.0. The van der Waals surface area contributed by atoms with Crippen LogP contribution in [0.1, 0.15) is 11.6 Å². The van der Waals surface area contributed by atoms with Gasteiger partial charge in [-0.05, 0) is 11.6 Å². The van der Waals surface area contributed by atoms with Crippen LogP contribution in [0.2, 0.25) is 0 Å². The molecule has 3 heteroatoms. The number of rotatable bonds is 2. The van der Waals surface area contributed by atoms with E-state index in [9.17, 15) is 4.39 Å². The van der Waals surface area contributed by atoms with E-state index < -0.39 is 12.7 Å². The molecule has 0 fully saturated rings. The Hall–Kier alpha value is -0.410. The third kappa shape index (κ3) is 2.01. The molecule has 1 aromatic carbocycles. The van der Waals surface area contributed by atoms with Gasteiger partial charge >= 0.3 is 0 Å². The molecule has 0 aliphatic heterocycles. The molecular weight excluding hydrogens is 209 g/mol. The minimum Gasteiger partial charge on any atom is -0.322 e. The molecule has 0 aliphatic rings. The second-order valence-corrected chi connectivity index (χ2v) is 3.14. The van der Waals surface area contributed by atoms with E-state index >= 15 is 0 Å². The summed E-state index contributed by atoms with van der Waals surface area (Å²) in [7, 11) is 0. The van der Waals surface area contributed by atoms with Gasteiger partial charge in [-0.25, -0.2) is 4.39 Å². The summed E-state index contributed by atoms with van der Waals surface area (Å²) in [6.07, 6.45) is 0. The molecule has 0 amide bonds. The van der Waals surface area contributed by atoms with Crippen molar-refractivity contribution < 1.29 is 4.39 Å². The van der Waals surface area contributed by atoms with Gasteiger partial charge in [0.15, 0.2) is 0 Å². The first-order valence-corrected chi connectivity index (χ1v) is 4.11. The average Bonchev–Trinajstić information content (AvgIpc) is 2.04. The Morgan fingerprint density at radius 2 is 2.09 bits per heavy atom. The van der Waals surface area contributed by atoms with Gasteiger partial charge in [0.2, 0.25) is 0 Å². The molecule has 0 aliphatic carbocycles. The summed E-state index contributed by atoms with van der Waals surface area (Å²) in [5.41, 5.74) is 6.30. The fraction of sp³-hybridized carbons (Fsp3) is 0.250. The molecule has 1 aromatic rings. The van der Waals surface area contributed by atoms with Crippen LogP contribution in [0.3, 0.4) is 0 Å².